The van der Waals surface area contributed by atoms with Gasteiger partial charge in [-0.1, -0.05) is 29.8 Å². The first-order valence-corrected chi connectivity index (χ1v) is 9.44. The van der Waals surface area contributed by atoms with E-state index in [0.29, 0.717) is 12.6 Å². The predicted octanol–water partition coefficient (Wildman–Crippen LogP) is 3.43. The molecule has 1 amide bonds. The standard InChI is InChI=1S/C15H14Cl2F2N4O3S/c1-8(15(2,18)19)22-27(25,26)10-7-23(3)13(12(10)17)14(24)21-9-4-5-20-11(16)6-9/h4-7,22H,1H2,2-3H3,(H,20,21,24). The molecule has 0 aliphatic carbocycles. The van der Waals surface area contributed by atoms with E-state index in [9.17, 15) is 22.0 Å². The lowest BCUT2D eigenvalue weighted by molar-refractivity contribution is 0.0597. The molecular weight excluding hydrogens is 425 g/mol. The molecule has 0 saturated heterocycles. The summed E-state index contributed by atoms with van der Waals surface area (Å²) in [6.07, 6.45) is 2.39. The highest BCUT2D eigenvalue weighted by Crippen LogP contribution is 2.29. The Kier molecular flexibility index (Phi) is 5.83. The van der Waals surface area contributed by atoms with Crippen LogP contribution in [0, 0.1) is 0 Å². The average molecular weight is 439 g/mol. The number of nitrogens with zero attached hydrogens (tertiary/aromatic N) is 2. The Labute approximate surface area is 164 Å². The first-order valence-electron chi connectivity index (χ1n) is 7.20. The van der Waals surface area contributed by atoms with Gasteiger partial charge in [-0.25, -0.2) is 22.2 Å². The van der Waals surface area contributed by atoms with Crippen LogP contribution < -0.4 is 10.0 Å². The normalized spacial score (nSPS) is 11.9. The van der Waals surface area contributed by atoms with Crippen molar-refractivity contribution in [1.29, 1.82) is 0 Å². The molecule has 0 radical (unpaired) electrons. The molecule has 2 N–H and O–H groups in total. The van der Waals surface area contributed by atoms with Gasteiger partial charge in [-0.15, -0.1) is 0 Å². The van der Waals surface area contributed by atoms with E-state index in [0.717, 1.165) is 10.8 Å². The van der Waals surface area contributed by atoms with Crippen molar-refractivity contribution in [3.8, 4) is 0 Å². The highest BCUT2D eigenvalue weighted by atomic mass is 35.5. The molecule has 0 aromatic carbocycles. The number of amides is 1. The van der Waals surface area contributed by atoms with Gasteiger partial charge < -0.3 is 9.88 Å². The van der Waals surface area contributed by atoms with E-state index in [1.807, 2.05) is 0 Å². The van der Waals surface area contributed by atoms with Crippen molar-refractivity contribution >= 4 is 44.8 Å². The van der Waals surface area contributed by atoms with Crippen molar-refractivity contribution < 1.29 is 22.0 Å². The number of alkyl halides is 2. The third-order valence-electron chi connectivity index (χ3n) is 3.36. The maximum absolute atomic E-state index is 13.2. The van der Waals surface area contributed by atoms with Gasteiger partial charge in [-0.2, -0.15) is 0 Å². The zero-order valence-corrected chi connectivity index (χ0v) is 16.4. The summed E-state index contributed by atoms with van der Waals surface area (Å²) in [6.45, 7) is 3.50. The summed E-state index contributed by atoms with van der Waals surface area (Å²) in [5.74, 6) is -4.21. The fourth-order valence-electron chi connectivity index (χ4n) is 1.99. The van der Waals surface area contributed by atoms with Crippen molar-refractivity contribution in [2.75, 3.05) is 5.32 Å². The SMILES string of the molecule is C=C(NS(=O)(=O)c1cn(C)c(C(=O)Nc2ccnc(Cl)c2)c1Cl)C(C)(F)F. The number of aromatic nitrogens is 2. The maximum Gasteiger partial charge on any atom is 0.284 e. The molecule has 27 heavy (non-hydrogen) atoms. The quantitative estimate of drug-likeness (QED) is 0.675. The van der Waals surface area contributed by atoms with Crippen molar-refractivity contribution in [2.24, 2.45) is 7.05 Å². The van der Waals surface area contributed by atoms with Crippen LogP contribution in [0.1, 0.15) is 17.4 Å². The molecule has 0 spiro atoms. The summed E-state index contributed by atoms with van der Waals surface area (Å²) in [5, 5.41) is 2.19. The smallest absolute Gasteiger partial charge is 0.284 e. The lowest BCUT2D eigenvalue weighted by atomic mass is 10.3. The van der Waals surface area contributed by atoms with Crippen LogP contribution in [0.2, 0.25) is 10.2 Å². The first-order chi connectivity index (χ1) is 12.3. The number of carbonyl (C=O) groups is 1. The van der Waals surface area contributed by atoms with Crippen LogP contribution in [0.15, 0.2) is 41.7 Å². The Hall–Kier alpha value is -2.17. The van der Waals surface area contributed by atoms with Crippen molar-refractivity contribution in [2.45, 2.75) is 17.7 Å². The number of aryl methyl sites for hydroxylation is 1. The third-order valence-corrected chi connectivity index (χ3v) is 5.47. The number of carbonyl (C=O) groups excluding carboxylic acids is 1. The number of allylic oxidation sites excluding steroid dienone is 1. The maximum atomic E-state index is 13.2. The number of nitrogens with one attached hydrogen (secondary N) is 2. The van der Waals surface area contributed by atoms with Gasteiger partial charge in [0, 0.05) is 32.1 Å². The highest BCUT2D eigenvalue weighted by molar-refractivity contribution is 7.89. The van der Waals surface area contributed by atoms with E-state index in [4.69, 9.17) is 23.2 Å². The van der Waals surface area contributed by atoms with E-state index in [-0.39, 0.29) is 10.8 Å². The van der Waals surface area contributed by atoms with Crippen LogP contribution in [0.5, 0.6) is 0 Å². The number of hydrogen-bond acceptors (Lipinski definition) is 4. The Morgan fingerprint density at radius 1 is 1.37 bits per heavy atom. The van der Waals surface area contributed by atoms with Crippen molar-refractivity contribution in [3.05, 3.63) is 52.7 Å². The van der Waals surface area contributed by atoms with Crippen molar-refractivity contribution in [1.82, 2.24) is 14.3 Å². The van der Waals surface area contributed by atoms with Gasteiger partial charge in [-0.3, -0.25) is 9.52 Å². The average Bonchev–Trinajstić information content (AvgIpc) is 2.81. The summed E-state index contributed by atoms with van der Waals surface area (Å²) in [7, 11) is -3.10. The second-order valence-electron chi connectivity index (χ2n) is 5.56. The molecule has 0 bridgehead atoms. The molecule has 0 unspecified atom stereocenters. The third kappa shape index (κ3) is 4.76. The summed E-state index contributed by atoms with van der Waals surface area (Å²) in [4.78, 5) is 15.7. The van der Waals surface area contributed by atoms with E-state index < -0.39 is 37.5 Å². The topological polar surface area (TPSA) is 93.1 Å². The van der Waals surface area contributed by atoms with Crippen LogP contribution in [0.25, 0.3) is 0 Å². The number of halogens is 4. The number of rotatable bonds is 6. The van der Waals surface area contributed by atoms with E-state index in [1.54, 1.807) is 4.72 Å². The molecule has 2 aromatic heterocycles. The highest BCUT2D eigenvalue weighted by Gasteiger charge is 2.33. The fraction of sp³-hybridized carbons (Fsp3) is 0.200. The van der Waals surface area contributed by atoms with Crippen LogP contribution in [0.4, 0.5) is 14.5 Å². The molecule has 2 rings (SSSR count). The molecule has 0 aliphatic rings. The number of hydrogen-bond donors (Lipinski definition) is 2. The van der Waals surface area contributed by atoms with Gasteiger partial charge in [-0.05, 0) is 12.1 Å². The lowest BCUT2D eigenvalue weighted by Crippen LogP contribution is -2.31. The molecule has 2 aromatic rings. The van der Waals surface area contributed by atoms with Gasteiger partial charge >= 0.3 is 0 Å². The molecule has 7 nitrogen and oxygen atoms in total. The van der Waals surface area contributed by atoms with Crippen LogP contribution >= 0.6 is 23.2 Å². The zero-order chi connectivity index (χ0) is 20.6. The number of anilines is 1. The Balaban J connectivity index is 2.36. The fourth-order valence-corrected chi connectivity index (χ4v) is 3.98. The second kappa shape index (κ2) is 7.45. The van der Waals surface area contributed by atoms with Gasteiger partial charge in [0.15, 0.2) is 0 Å². The minimum atomic E-state index is -4.48. The van der Waals surface area contributed by atoms with Gasteiger partial charge in [0.1, 0.15) is 15.7 Å². The molecule has 2 heterocycles. The molecular formula is C15H14Cl2F2N4O3S. The summed E-state index contributed by atoms with van der Waals surface area (Å²) in [5.41, 5.74) is -0.919. The van der Waals surface area contributed by atoms with Crippen LogP contribution in [-0.2, 0) is 17.1 Å². The first kappa shape index (κ1) is 21.1. The number of sulfonamides is 1. The molecule has 0 aliphatic heterocycles. The Bertz CT molecular complexity index is 1020. The largest absolute Gasteiger partial charge is 0.344 e. The molecule has 146 valence electrons. The van der Waals surface area contributed by atoms with Crippen LogP contribution in [0.3, 0.4) is 0 Å². The Morgan fingerprint density at radius 3 is 2.56 bits per heavy atom. The predicted molar refractivity (Wildman–Crippen MR) is 97.7 cm³/mol. The monoisotopic (exact) mass is 438 g/mol. The summed E-state index contributed by atoms with van der Waals surface area (Å²) >= 11 is 11.8. The van der Waals surface area contributed by atoms with E-state index in [1.165, 1.54) is 25.4 Å². The van der Waals surface area contributed by atoms with E-state index >= 15 is 0 Å². The van der Waals surface area contributed by atoms with Crippen LogP contribution in [-0.4, -0.2) is 29.8 Å². The van der Waals surface area contributed by atoms with Gasteiger partial charge in [0.25, 0.3) is 21.9 Å². The summed E-state index contributed by atoms with van der Waals surface area (Å²) in [6, 6.07) is 2.84. The van der Waals surface area contributed by atoms with Gasteiger partial charge in [0.2, 0.25) is 0 Å². The minimum Gasteiger partial charge on any atom is -0.344 e. The van der Waals surface area contributed by atoms with Crippen molar-refractivity contribution in [3.63, 3.8) is 0 Å². The zero-order valence-electron chi connectivity index (χ0n) is 14.1. The lowest BCUT2D eigenvalue weighted by Gasteiger charge is -2.15. The Morgan fingerprint density at radius 2 is 2.00 bits per heavy atom. The van der Waals surface area contributed by atoms with Gasteiger partial charge in [0.05, 0.1) is 10.7 Å². The number of pyridine rings is 1. The van der Waals surface area contributed by atoms with E-state index in [2.05, 4.69) is 16.9 Å². The minimum absolute atomic E-state index is 0.136. The second-order valence-corrected chi connectivity index (χ2v) is 7.98. The molecule has 0 saturated carbocycles. The molecule has 0 fully saturated rings. The molecule has 0 atom stereocenters. The summed E-state index contributed by atoms with van der Waals surface area (Å²) < 4.78 is 53.9. The molecule has 12 heteroatoms.